The molecule has 0 fully saturated rings. The van der Waals surface area contributed by atoms with Gasteiger partial charge in [-0.15, -0.1) is 0 Å². The minimum atomic E-state index is 0.197. The highest BCUT2D eigenvalue weighted by atomic mass is 14.7. The van der Waals surface area contributed by atoms with Crippen molar-refractivity contribution in [3.05, 3.63) is 29.6 Å². The van der Waals surface area contributed by atoms with Crippen molar-refractivity contribution in [2.45, 2.75) is 25.8 Å². The largest absolute Gasteiger partial charge is 0.324 e. The third kappa shape index (κ3) is 1.12. The average molecular weight is 162 g/mol. The molecule has 0 spiro atoms. The molecule has 0 saturated heterocycles. The molecule has 0 aliphatic heterocycles. The van der Waals surface area contributed by atoms with Crippen molar-refractivity contribution < 1.29 is 0 Å². The fraction of sp³-hybridized carbons (Fsp3) is 0.500. The first-order chi connectivity index (χ1) is 5.79. The molecule has 12 heavy (non-hydrogen) atoms. The quantitative estimate of drug-likeness (QED) is 0.630. The molecule has 2 rings (SSSR count). The van der Waals surface area contributed by atoms with Crippen molar-refractivity contribution in [3.63, 3.8) is 0 Å². The van der Waals surface area contributed by atoms with Gasteiger partial charge < -0.3 is 5.73 Å². The zero-order valence-electron chi connectivity index (χ0n) is 7.33. The molecule has 2 nitrogen and oxygen atoms in total. The number of hydrogen-bond donors (Lipinski definition) is 1. The highest BCUT2D eigenvalue weighted by Crippen LogP contribution is 2.30. The van der Waals surface area contributed by atoms with Crippen molar-refractivity contribution >= 4 is 0 Å². The Morgan fingerprint density at radius 3 is 3.25 bits per heavy atom. The summed E-state index contributed by atoms with van der Waals surface area (Å²) in [6.45, 7) is 2.21. The zero-order valence-corrected chi connectivity index (χ0v) is 7.33. The van der Waals surface area contributed by atoms with Crippen molar-refractivity contribution in [2.24, 2.45) is 11.7 Å². The first kappa shape index (κ1) is 7.74. The molecule has 1 aromatic heterocycles. The van der Waals surface area contributed by atoms with Gasteiger partial charge in [0.05, 0.1) is 0 Å². The molecule has 1 aromatic rings. The fourth-order valence-electron chi connectivity index (χ4n) is 1.81. The number of fused-ring (bicyclic) bond motifs is 1. The number of rotatable bonds is 0. The molecule has 2 unspecified atom stereocenters. The molecule has 1 aliphatic rings. The van der Waals surface area contributed by atoms with E-state index in [-0.39, 0.29) is 6.04 Å². The van der Waals surface area contributed by atoms with Crippen molar-refractivity contribution in [2.75, 3.05) is 0 Å². The molecule has 0 aromatic carbocycles. The maximum Gasteiger partial charge on any atom is 0.0451 e. The van der Waals surface area contributed by atoms with Gasteiger partial charge in [0.1, 0.15) is 0 Å². The number of aryl methyl sites for hydroxylation is 1. The Morgan fingerprint density at radius 1 is 1.58 bits per heavy atom. The summed E-state index contributed by atoms with van der Waals surface area (Å²) in [7, 11) is 0. The maximum atomic E-state index is 6.05. The Hall–Kier alpha value is -0.890. The molecular weight excluding hydrogens is 148 g/mol. The van der Waals surface area contributed by atoms with Gasteiger partial charge in [0.2, 0.25) is 0 Å². The Labute approximate surface area is 72.8 Å². The summed E-state index contributed by atoms with van der Waals surface area (Å²) in [5, 5.41) is 0. The molecular formula is C10H14N2. The van der Waals surface area contributed by atoms with E-state index in [0.717, 1.165) is 6.42 Å². The standard InChI is InChI=1S/C10H14N2/c1-7-4-5-9-8(10(7)11)3-2-6-12-9/h2-3,6-7,10H,4-5,11H2,1H3. The van der Waals surface area contributed by atoms with Gasteiger partial charge >= 0.3 is 0 Å². The first-order valence-electron chi connectivity index (χ1n) is 4.48. The predicted molar refractivity (Wildman–Crippen MR) is 48.7 cm³/mol. The van der Waals surface area contributed by atoms with Gasteiger partial charge in [-0.1, -0.05) is 13.0 Å². The predicted octanol–water partition coefficient (Wildman–Crippen LogP) is 1.66. The second-order valence-corrected chi connectivity index (χ2v) is 3.58. The van der Waals surface area contributed by atoms with Crippen LogP contribution in [-0.2, 0) is 6.42 Å². The molecule has 1 heterocycles. The molecule has 0 radical (unpaired) electrons. The van der Waals surface area contributed by atoms with Crippen LogP contribution in [0.1, 0.15) is 30.6 Å². The summed E-state index contributed by atoms with van der Waals surface area (Å²) in [6, 6.07) is 4.27. The topological polar surface area (TPSA) is 38.9 Å². The summed E-state index contributed by atoms with van der Waals surface area (Å²) < 4.78 is 0. The van der Waals surface area contributed by atoms with Crippen molar-refractivity contribution in [3.8, 4) is 0 Å². The van der Waals surface area contributed by atoms with Gasteiger partial charge in [-0.2, -0.15) is 0 Å². The van der Waals surface area contributed by atoms with Crippen LogP contribution in [-0.4, -0.2) is 4.98 Å². The van der Waals surface area contributed by atoms with Gasteiger partial charge in [-0.25, -0.2) is 0 Å². The van der Waals surface area contributed by atoms with Crippen molar-refractivity contribution in [1.82, 2.24) is 4.98 Å². The molecule has 64 valence electrons. The molecule has 2 atom stereocenters. The fourth-order valence-corrected chi connectivity index (χ4v) is 1.81. The van der Waals surface area contributed by atoms with Gasteiger partial charge in [-0.3, -0.25) is 4.98 Å². The summed E-state index contributed by atoms with van der Waals surface area (Å²) in [4.78, 5) is 4.32. The highest BCUT2D eigenvalue weighted by molar-refractivity contribution is 5.26. The van der Waals surface area contributed by atoms with E-state index in [9.17, 15) is 0 Å². The third-order valence-electron chi connectivity index (χ3n) is 2.73. The van der Waals surface area contributed by atoms with E-state index in [1.807, 2.05) is 12.3 Å². The first-order valence-corrected chi connectivity index (χ1v) is 4.48. The van der Waals surface area contributed by atoms with Crippen LogP contribution in [0, 0.1) is 5.92 Å². The summed E-state index contributed by atoms with van der Waals surface area (Å²) in [5.74, 6) is 0.599. The molecule has 2 heteroatoms. The van der Waals surface area contributed by atoms with Gasteiger partial charge in [0.25, 0.3) is 0 Å². The second kappa shape index (κ2) is 2.87. The summed E-state index contributed by atoms with van der Waals surface area (Å²) >= 11 is 0. The third-order valence-corrected chi connectivity index (χ3v) is 2.73. The van der Waals surface area contributed by atoms with Crippen LogP contribution in [0.3, 0.4) is 0 Å². The lowest BCUT2D eigenvalue weighted by Crippen LogP contribution is -2.25. The smallest absolute Gasteiger partial charge is 0.0451 e. The number of nitrogens with two attached hydrogens (primary N) is 1. The van der Waals surface area contributed by atoms with Gasteiger partial charge in [0, 0.05) is 17.9 Å². The Bertz CT molecular complexity index is 283. The second-order valence-electron chi connectivity index (χ2n) is 3.58. The van der Waals surface area contributed by atoms with Crippen LogP contribution >= 0.6 is 0 Å². The van der Waals surface area contributed by atoms with E-state index >= 15 is 0 Å². The minimum Gasteiger partial charge on any atom is -0.324 e. The lowest BCUT2D eigenvalue weighted by Gasteiger charge is -2.27. The van der Waals surface area contributed by atoms with Gasteiger partial charge in [-0.05, 0) is 30.4 Å². The van der Waals surface area contributed by atoms with E-state index < -0.39 is 0 Å². The van der Waals surface area contributed by atoms with Crippen LogP contribution in [0.2, 0.25) is 0 Å². The number of hydrogen-bond acceptors (Lipinski definition) is 2. The number of pyridine rings is 1. The number of aromatic nitrogens is 1. The lowest BCUT2D eigenvalue weighted by molar-refractivity contribution is 0.407. The van der Waals surface area contributed by atoms with Crippen molar-refractivity contribution in [1.29, 1.82) is 0 Å². The summed E-state index contributed by atoms with van der Waals surface area (Å²) in [5.41, 5.74) is 8.49. The lowest BCUT2D eigenvalue weighted by atomic mass is 9.84. The van der Waals surface area contributed by atoms with Crippen LogP contribution in [0.15, 0.2) is 18.3 Å². The van der Waals surface area contributed by atoms with Crippen LogP contribution in [0.5, 0.6) is 0 Å². The molecule has 0 bridgehead atoms. The Morgan fingerprint density at radius 2 is 2.42 bits per heavy atom. The summed E-state index contributed by atoms with van der Waals surface area (Å²) in [6.07, 6.45) is 4.11. The van der Waals surface area contributed by atoms with E-state index in [4.69, 9.17) is 5.73 Å². The van der Waals surface area contributed by atoms with E-state index in [1.165, 1.54) is 17.7 Å². The van der Waals surface area contributed by atoms with Crippen LogP contribution < -0.4 is 5.73 Å². The van der Waals surface area contributed by atoms with Gasteiger partial charge in [0.15, 0.2) is 0 Å². The zero-order chi connectivity index (χ0) is 8.55. The minimum absolute atomic E-state index is 0.197. The molecule has 1 aliphatic carbocycles. The van der Waals surface area contributed by atoms with Crippen LogP contribution in [0.4, 0.5) is 0 Å². The normalized spacial score (nSPS) is 28.2. The van der Waals surface area contributed by atoms with E-state index in [1.54, 1.807) is 0 Å². The number of nitrogens with zero attached hydrogens (tertiary/aromatic N) is 1. The van der Waals surface area contributed by atoms with E-state index in [2.05, 4.69) is 18.0 Å². The Kier molecular flexibility index (Phi) is 1.85. The monoisotopic (exact) mass is 162 g/mol. The van der Waals surface area contributed by atoms with E-state index in [0.29, 0.717) is 5.92 Å². The Balaban J connectivity index is 2.42. The molecule has 2 N–H and O–H groups in total. The van der Waals surface area contributed by atoms with Crippen LogP contribution in [0.25, 0.3) is 0 Å². The molecule has 0 saturated carbocycles. The highest BCUT2D eigenvalue weighted by Gasteiger charge is 2.23. The average Bonchev–Trinajstić information content (AvgIpc) is 2.12. The maximum absolute atomic E-state index is 6.05. The molecule has 0 amide bonds. The SMILES string of the molecule is CC1CCc2ncccc2C1N.